The fourth-order valence-electron chi connectivity index (χ4n) is 2.21. The molecule has 0 radical (unpaired) electrons. The number of furan rings is 1. The van der Waals surface area contributed by atoms with E-state index in [-0.39, 0.29) is 5.78 Å². The van der Waals surface area contributed by atoms with Crippen molar-refractivity contribution in [2.75, 3.05) is 0 Å². The molecule has 3 rings (SSSR count). The Morgan fingerprint density at radius 1 is 1.10 bits per heavy atom. The maximum atomic E-state index is 12.6. The highest BCUT2D eigenvalue weighted by Gasteiger charge is 2.21. The molecular weight excluding hydrogens is 419 g/mol. The molecule has 0 amide bonds. The van der Waals surface area contributed by atoms with Gasteiger partial charge in [-0.1, -0.05) is 43.5 Å². The first-order valence-electron chi connectivity index (χ1n) is 6.16. The van der Waals surface area contributed by atoms with E-state index in [1.54, 1.807) is 18.2 Å². The summed E-state index contributed by atoms with van der Waals surface area (Å²) < 4.78 is 7.49. The van der Waals surface area contributed by atoms with E-state index in [0.29, 0.717) is 21.9 Å². The van der Waals surface area contributed by atoms with Gasteiger partial charge in [0.25, 0.3) is 0 Å². The molecule has 0 bridgehead atoms. The van der Waals surface area contributed by atoms with Gasteiger partial charge < -0.3 is 4.42 Å². The Bertz CT molecular complexity index is 868. The zero-order valence-electron chi connectivity index (χ0n) is 10.9. The zero-order valence-corrected chi connectivity index (χ0v) is 14.8. The summed E-state index contributed by atoms with van der Waals surface area (Å²) in [6.45, 7) is 1.87. The number of carbonyl (C=O) groups excluding carboxylic acids is 1. The minimum Gasteiger partial charge on any atom is -0.452 e. The highest BCUT2D eigenvalue weighted by molar-refractivity contribution is 9.10. The summed E-state index contributed by atoms with van der Waals surface area (Å²) in [7, 11) is 0. The van der Waals surface area contributed by atoms with Crippen LogP contribution in [0.1, 0.15) is 21.7 Å². The molecule has 5 heteroatoms. The van der Waals surface area contributed by atoms with Crippen molar-refractivity contribution in [1.82, 2.24) is 0 Å². The number of hydrogen-bond donors (Lipinski definition) is 0. The second-order valence-electron chi connectivity index (χ2n) is 4.65. The molecule has 0 unspecified atom stereocenters. The maximum Gasteiger partial charge on any atom is 0.229 e. The van der Waals surface area contributed by atoms with Gasteiger partial charge in [0.15, 0.2) is 5.76 Å². The topological polar surface area (TPSA) is 30.2 Å². The second-order valence-corrected chi connectivity index (χ2v) is 6.89. The molecule has 2 aromatic carbocycles. The Kier molecular flexibility index (Phi) is 3.95. The van der Waals surface area contributed by atoms with Gasteiger partial charge in [0.1, 0.15) is 5.58 Å². The predicted molar refractivity (Wildman–Crippen MR) is 91.2 cm³/mol. The van der Waals surface area contributed by atoms with E-state index in [1.165, 1.54) is 0 Å². The summed E-state index contributed by atoms with van der Waals surface area (Å²) in [4.78, 5) is 12.6. The molecule has 1 heterocycles. The lowest BCUT2D eigenvalue weighted by Gasteiger charge is -2.02. The fraction of sp³-hybridized carbons (Fsp3) is 0.0625. The van der Waals surface area contributed by atoms with Crippen LogP contribution in [-0.4, -0.2) is 5.78 Å². The molecule has 1 aromatic heterocycles. The molecule has 21 heavy (non-hydrogen) atoms. The van der Waals surface area contributed by atoms with Crippen LogP contribution in [0.5, 0.6) is 0 Å². The van der Waals surface area contributed by atoms with Crippen molar-refractivity contribution >= 4 is 60.2 Å². The Hall–Kier alpha value is -1.10. The molecule has 106 valence electrons. The van der Waals surface area contributed by atoms with E-state index in [0.717, 1.165) is 19.9 Å². The smallest absolute Gasteiger partial charge is 0.229 e. The standard InChI is InChI=1S/C16H9Br2ClO2/c1-8-12-6-9(17)3-5-14(12)21-16(8)15(20)11-4-2-10(18)7-13(11)19/h2-7H,1H3. The van der Waals surface area contributed by atoms with Gasteiger partial charge in [-0.15, -0.1) is 0 Å². The van der Waals surface area contributed by atoms with E-state index in [1.807, 2.05) is 25.1 Å². The van der Waals surface area contributed by atoms with E-state index in [9.17, 15) is 4.79 Å². The largest absolute Gasteiger partial charge is 0.452 e. The average Bonchev–Trinajstić information content (AvgIpc) is 2.75. The van der Waals surface area contributed by atoms with E-state index < -0.39 is 0 Å². The van der Waals surface area contributed by atoms with Gasteiger partial charge >= 0.3 is 0 Å². The van der Waals surface area contributed by atoms with Crippen LogP contribution < -0.4 is 0 Å². The lowest BCUT2D eigenvalue weighted by atomic mass is 10.0. The van der Waals surface area contributed by atoms with E-state index >= 15 is 0 Å². The SMILES string of the molecule is Cc1c(C(=O)c2ccc(Br)cc2Cl)oc2ccc(Br)cc12. The van der Waals surface area contributed by atoms with Crippen LogP contribution in [0.15, 0.2) is 49.8 Å². The molecule has 0 fully saturated rings. The second kappa shape index (κ2) is 5.59. The van der Waals surface area contributed by atoms with Crippen molar-refractivity contribution in [2.24, 2.45) is 0 Å². The number of fused-ring (bicyclic) bond motifs is 1. The van der Waals surface area contributed by atoms with Crippen LogP contribution in [-0.2, 0) is 0 Å². The molecule has 2 nitrogen and oxygen atoms in total. The zero-order chi connectivity index (χ0) is 15.1. The molecule has 3 aromatic rings. The fourth-order valence-corrected chi connectivity index (χ4v) is 3.33. The number of ketones is 1. The van der Waals surface area contributed by atoms with Crippen molar-refractivity contribution in [3.05, 3.63) is 67.3 Å². The molecular formula is C16H9Br2ClO2. The van der Waals surface area contributed by atoms with E-state index in [4.69, 9.17) is 16.0 Å². The molecule has 0 aliphatic carbocycles. The predicted octanol–water partition coefficient (Wildman–Crippen LogP) is 6.15. The number of carbonyl (C=O) groups is 1. The molecule has 0 spiro atoms. The van der Waals surface area contributed by atoms with Crippen LogP contribution >= 0.6 is 43.5 Å². The third-order valence-corrected chi connectivity index (χ3v) is 4.58. The first-order valence-corrected chi connectivity index (χ1v) is 8.12. The molecule has 0 aliphatic rings. The Labute approximate surface area is 143 Å². The van der Waals surface area contributed by atoms with Gasteiger partial charge in [-0.05, 0) is 43.3 Å². The maximum absolute atomic E-state index is 12.6. The lowest BCUT2D eigenvalue weighted by molar-refractivity contribution is 0.101. The van der Waals surface area contributed by atoms with Gasteiger partial charge in [0.05, 0.1) is 5.02 Å². The van der Waals surface area contributed by atoms with Gasteiger partial charge in [-0.2, -0.15) is 0 Å². The summed E-state index contributed by atoms with van der Waals surface area (Å²) >= 11 is 12.9. The Morgan fingerprint density at radius 2 is 1.76 bits per heavy atom. The number of benzene rings is 2. The third-order valence-electron chi connectivity index (χ3n) is 3.28. The monoisotopic (exact) mass is 426 g/mol. The van der Waals surface area contributed by atoms with E-state index in [2.05, 4.69) is 31.9 Å². The lowest BCUT2D eigenvalue weighted by Crippen LogP contribution is -2.02. The first kappa shape index (κ1) is 14.8. The van der Waals surface area contributed by atoms with Crippen molar-refractivity contribution < 1.29 is 9.21 Å². The Morgan fingerprint density at radius 3 is 2.48 bits per heavy atom. The normalized spacial score (nSPS) is 11.0. The van der Waals surface area contributed by atoms with Crippen LogP contribution in [0, 0.1) is 6.92 Å². The quantitative estimate of drug-likeness (QED) is 0.458. The van der Waals surface area contributed by atoms with Crippen LogP contribution in [0.25, 0.3) is 11.0 Å². The van der Waals surface area contributed by atoms with Gasteiger partial charge in [-0.3, -0.25) is 4.79 Å². The average molecular weight is 429 g/mol. The van der Waals surface area contributed by atoms with Crippen LogP contribution in [0.4, 0.5) is 0 Å². The molecule has 0 atom stereocenters. The summed E-state index contributed by atoms with van der Waals surface area (Å²) in [6, 6.07) is 10.8. The minimum absolute atomic E-state index is 0.211. The molecule has 0 aliphatic heterocycles. The number of aryl methyl sites for hydroxylation is 1. The van der Waals surface area contributed by atoms with Gasteiger partial charge in [-0.25, -0.2) is 0 Å². The van der Waals surface area contributed by atoms with Crippen molar-refractivity contribution in [2.45, 2.75) is 6.92 Å². The summed E-state index contributed by atoms with van der Waals surface area (Å²) in [5.41, 5.74) is 1.93. The molecule has 0 N–H and O–H groups in total. The van der Waals surface area contributed by atoms with Crippen molar-refractivity contribution in [3.8, 4) is 0 Å². The summed E-state index contributed by atoms with van der Waals surface area (Å²) in [5.74, 6) is 0.115. The van der Waals surface area contributed by atoms with Crippen molar-refractivity contribution in [3.63, 3.8) is 0 Å². The van der Waals surface area contributed by atoms with Crippen molar-refractivity contribution in [1.29, 1.82) is 0 Å². The summed E-state index contributed by atoms with van der Waals surface area (Å²) in [5, 5.41) is 1.32. The number of halogens is 3. The molecule has 0 saturated carbocycles. The van der Waals surface area contributed by atoms with Crippen LogP contribution in [0.3, 0.4) is 0 Å². The Balaban J connectivity index is 2.15. The number of rotatable bonds is 2. The van der Waals surface area contributed by atoms with Crippen LogP contribution in [0.2, 0.25) is 5.02 Å². The highest BCUT2D eigenvalue weighted by atomic mass is 79.9. The summed E-state index contributed by atoms with van der Waals surface area (Å²) in [6.07, 6.45) is 0. The number of hydrogen-bond acceptors (Lipinski definition) is 2. The minimum atomic E-state index is -0.211. The van der Waals surface area contributed by atoms with Gasteiger partial charge in [0.2, 0.25) is 5.78 Å². The van der Waals surface area contributed by atoms with Gasteiger partial charge in [0, 0.05) is 25.5 Å². The third kappa shape index (κ3) is 2.68. The highest BCUT2D eigenvalue weighted by Crippen LogP contribution is 2.31. The first-order chi connectivity index (χ1) is 9.97. The molecule has 0 saturated heterocycles.